The van der Waals surface area contributed by atoms with Crippen molar-refractivity contribution in [3.63, 3.8) is 0 Å². The van der Waals surface area contributed by atoms with E-state index in [1.165, 1.54) is 6.33 Å². The number of anilines is 1. The number of thiol groups is 1. The third kappa shape index (κ3) is 4.14. The molecule has 0 aliphatic heterocycles. The van der Waals surface area contributed by atoms with Gasteiger partial charge < -0.3 is 24.8 Å². The predicted octanol–water partition coefficient (Wildman–Crippen LogP) is 0.421. The van der Waals surface area contributed by atoms with Crippen molar-refractivity contribution in [2.75, 3.05) is 24.4 Å². The molecule has 0 bridgehead atoms. The van der Waals surface area contributed by atoms with Crippen LogP contribution in [0.25, 0.3) is 11.2 Å². The topological polar surface area (TPSA) is 136 Å². The van der Waals surface area contributed by atoms with Crippen molar-refractivity contribution in [3.05, 3.63) is 12.7 Å². The molecule has 2 rings (SSSR count). The molecular weight excluding hydrogens is 317 g/mol. The Kier molecular flexibility index (Phi) is 5.17. The minimum absolute atomic E-state index is 0.0941. The second kappa shape index (κ2) is 6.71. The fraction of sp³-hybridized carbons (Fsp3) is 0.500. The summed E-state index contributed by atoms with van der Waals surface area (Å²) < 4.78 is 17.5. The van der Waals surface area contributed by atoms with Gasteiger partial charge in [-0.3, -0.25) is 4.57 Å². The molecule has 9 nitrogen and oxygen atoms in total. The average Bonchev–Trinajstić information content (AvgIpc) is 2.83. The highest BCUT2D eigenvalue weighted by molar-refractivity contribution is 7.80. The molecule has 1 atom stereocenters. The normalized spacial score (nSPS) is 13.7. The Morgan fingerprint density at radius 1 is 1.43 bits per heavy atom. The van der Waals surface area contributed by atoms with E-state index in [0.29, 0.717) is 29.2 Å². The van der Waals surface area contributed by atoms with Crippen molar-refractivity contribution >= 4 is 37.2 Å². The van der Waals surface area contributed by atoms with Gasteiger partial charge >= 0.3 is 7.60 Å². The molecule has 0 saturated heterocycles. The van der Waals surface area contributed by atoms with Gasteiger partial charge in [0.1, 0.15) is 18.2 Å². The van der Waals surface area contributed by atoms with Crippen molar-refractivity contribution in [1.82, 2.24) is 19.5 Å². The predicted molar refractivity (Wildman–Crippen MR) is 80.1 cm³/mol. The van der Waals surface area contributed by atoms with Crippen LogP contribution in [-0.2, 0) is 9.30 Å². The molecule has 0 aliphatic rings. The Morgan fingerprint density at radius 2 is 2.19 bits per heavy atom. The number of rotatable bonds is 7. The van der Waals surface area contributed by atoms with Gasteiger partial charge in [0, 0.05) is 18.4 Å². The summed E-state index contributed by atoms with van der Waals surface area (Å²) in [6.07, 6.45) is 2.85. The van der Waals surface area contributed by atoms with Crippen LogP contribution in [0.15, 0.2) is 12.7 Å². The zero-order valence-electron chi connectivity index (χ0n) is 11.0. The molecule has 0 aromatic carbocycles. The van der Waals surface area contributed by atoms with E-state index in [2.05, 4.69) is 27.6 Å². The fourth-order valence-corrected chi connectivity index (χ4v) is 2.62. The van der Waals surface area contributed by atoms with Gasteiger partial charge in [0.15, 0.2) is 11.5 Å². The van der Waals surface area contributed by atoms with E-state index in [0.717, 1.165) is 0 Å². The van der Waals surface area contributed by atoms with Crippen molar-refractivity contribution in [2.45, 2.75) is 12.5 Å². The van der Waals surface area contributed by atoms with E-state index >= 15 is 0 Å². The van der Waals surface area contributed by atoms with E-state index in [-0.39, 0.29) is 12.6 Å². The Labute approximate surface area is 126 Å². The fourth-order valence-electron chi connectivity index (χ4n) is 1.90. The first kappa shape index (κ1) is 16.2. The quantitative estimate of drug-likeness (QED) is 0.325. The molecule has 4 N–H and O–H groups in total. The van der Waals surface area contributed by atoms with Gasteiger partial charge in [0.2, 0.25) is 0 Å². The molecule has 2 heterocycles. The molecule has 0 amide bonds. The van der Waals surface area contributed by atoms with E-state index in [4.69, 9.17) is 20.3 Å². The minimum Gasteiger partial charge on any atom is -0.382 e. The maximum atomic E-state index is 10.7. The van der Waals surface area contributed by atoms with Crippen LogP contribution < -0.4 is 5.73 Å². The highest BCUT2D eigenvalue weighted by atomic mass is 32.1. The Balaban J connectivity index is 2.08. The summed E-state index contributed by atoms with van der Waals surface area (Å²) in [6, 6.07) is -0.0941. The van der Waals surface area contributed by atoms with Crippen molar-refractivity contribution in [1.29, 1.82) is 0 Å². The molecule has 0 fully saturated rings. The zero-order valence-corrected chi connectivity index (χ0v) is 12.8. The first-order valence-electron chi connectivity index (χ1n) is 6.08. The summed E-state index contributed by atoms with van der Waals surface area (Å²) in [5.74, 6) is 0.805. The van der Waals surface area contributed by atoms with Crippen LogP contribution >= 0.6 is 20.2 Å². The second-order valence-electron chi connectivity index (χ2n) is 4.41. The molecular formula is C10H16N5O4PS. The van der Waals surface area contributed by atoms with Crippen LogP contribution in [0.2, 0.25) is 0 Å². The highest BCUT2D eigenvalue weighted by Crippen LogP contribution is 2.34. The van der Waals surface area contributed by atoms with Crippen LogP contribution in [0.1, 0.15) is 12.5 Å². The molecule has 21 heavy (non-hydrogen) atoms. The Hall–Kier alpha value is -1.19. The Bertz CT molecular complexity index is 660. The number of hydrogen-bond donors (Lipinski definition) is 4. The van der Waals surface area contributed by atoms with Crippen LogP contribution in [-0.4, -0.2) is 48.0 Å². The lowest BCUT2D eigenvalue weighted by atomic mass is 10.2. The summed E-state index contributed by atoms with van der Waals surface area (Å²) in [5, 5.41) is 0. The van der Waals surface area contributed by atoms with Crippen LogP contribution in [0.4, 0.5) is 5.82 Å². The molecule has 1 unspecified atom stereocenters. The van der Waals surface area contributed by atoms with Gasteiger partial charge in [0.25, 0.3) is 0 Å². The molecule has 11 heteroatoms. The summed E-state index contributed by atoms with van der Waals surface area (Å²) in [5.41, 5.74) is 6.94. The van der Waals surface area contributed by atoms with Crippen LogP contribution in [0.5, 0.6) is 0 Å². The number of fused-ring (bicyclic) bond motifs is 1. The van der Waals surface area contributed by atoms with E-state index in [1.807, 2.05) is 0 Å². The monoisotopic (exact) mass is 333 g/mol. The third-order valence-electron chi connectivity index (χ3n) is 2.85. The van der Waals surface area contributed by atoms with Crippen molar-refractivity contribution < 1.29 is 19.1 Å². The average molecular weight is 333 g/mol. The molecule has 0 saturated carbocycles. The van der Waals surface area contributed by atoms with Crippen LogP contribution in [0, 0.1) is 0 Å². The van der Waals surface area contributed by atoms with Gasteiger partial charge in [-0.15, -0.1) is 0 Å². The first-order chi connectivity index (χ1) is 9.92. The largest absolute Gasteiger partial charge is 0.382 e. The SMILES string of the molecule is Nc1ncnc2ncn(C(CS)CCOCP(=O)(O)O)c12. The van der Waals surface area contributed by atoms with Gasteiger partial charge in [-0.05, 0) is 6.42 Å². The van der Waals surface area contributed by atoms with E-state index in [1.54, 1.807) is 10.9 Å². The summed E-state index contributed by atoms with van der Waals surface area (Å²) in [6.45, 7) is 0.184. The van der Waals surface area contributed by atoms with Crippen molar-refractivity contribution in [3.8, 4) is 0 Å². The second-order valence-corrected chi connectivity index (χ2v) is 6.36. The Morgan fingerprint density at radius 3 is 2.86 bits per heavy atom. The van der Waals surface area contributed by atoms with Gasteiger partial charge in [-0.25, -0.2) is 15.0 Å². The number of aromatic nitrogens is 4. The number of hydrogen-bond acceptors (Lipinski definition) is 7. The summed E-state index contributed by atoms with van der Waals surface area (Å²) >= 11 is 4.28. The lowest BCUT2D eigenvalue weighted by molar-refractivity contribution is 0.145. The smallest absolute Gasteiger partial charge is 0.350 e. The third-order valence-corrected chi connectivity index (χ3v) is 3.79. The molecule has 0 radical (unpaired) electrons. The number of nitrogens with zero attached hydrogens (tertiary/aromatic N) is 4. The highest BCUT2D eigenvalue weighted by Gasteiger charge is 2.17. The summed E-state index contributed by atoms with van der Waals surface area (Å²) in [4.78, 5) is 29.6. The molecule has 2 aromatic rings. The number of nitrogen functional groups attached to an aromatic ring is 1. The van der Waals surface area contributed by atoms with Crippen LogP contribution in [0.3, 0.4) is 0 Å². The zero-order chi connectivity index (χ0) is 15.5. The molecule has 116 valence electrons. The van der Waals surface area contributed by atoms with Gasteiger partial charge in [-0.1, -0.05) is 0 Å². The van der Waals surface area contributed by atoms with Crippen molar-refractivity contribution in [2.24, 2.45) is 0 Å². The van der Waals surface area contributed by atoms with Gasteiger partial charge in [0.05, 0.1) is 6.33 Å². The first-order valence-corrected chi connectivity index (χ1v) is 8.51. The molecule has 2 aromatic heterocycles. The summed E-state index contributed by atoms with van der Waals surface area (Å²) in [7, 11) is -4.14. The number of ether oxygens (including phenoxy) is 1. The lowest BCUT2D eigenvalue weighted by Crippen LogP contribution is -2.14. The lowest BCUT2D eigenvalue weighted by Gasteiger charge is -2.17. The molecule has 0 spiro atoms. The number of imidazole rings is 1. The maximum Gasteiger partial charge on any atom is 0.350 e. The van der Waals surface area contributed by atoms with Gasteiger partial charge in [-0.2, -0.15) is 12.6 Å². The molecule has 0 aliphatic carbocycles. The maximum absolute atomic E-state index is 10.7. The van der Waals surface area contributed by atoms with E-state index < -0.39 is 13.9 Å². The van der Waals surface area contributed by atoms with E-state index in [9.17, 15) is 4.57 Å². The number of nitrogens with two attached hydrogens (primary N) is 1. The standard InChI is InChI=1S/C10H16N5O4PS/c11-9-8-10(13-4-12-9)14-5-15(8)7(3-21)1-2-19-6-20(16,17)18/h4-5,7,21H,1-3,6H2,(H2,11,12,13)(H2,16,17,18). The minimum atomic E-state index is -4.14.